The van der Waals surface area contributed by atoms with Crippen LogP contribution in [0, 0.1) is 10.8 Å². The van der Waals surface area contributed by atoms with Crippen LogP contribution in [0.5, 0.6) is 0 Å². The summed E-state index contributed by atoms with van der Waals surface area (Å²) in [5.41, 5.74) is -0.504. The van der Waals surface area contributed by atoms with Gasteiger partial charge in [0, 0.05) is 12.8 Å². The highest BCUT2D eigenvalue weighted by Gasteiger charge is 2.38. The van der Waals surface area contributed by atoms with Crippen LogP contribution in [0.1, 0.15) is 109 Å². The fraction of sp³-hybridized carbons (Fsp3) is 1.00. The summed E-state index contributed by atoms with van der Waals surface area (Å²) in [6.45, 7) is 25.4. The van der Waals surface area contributed by atoms with E-state index in [1.165, 1.54) is 0 Å². The van der Waals surface area contributed by atoms with Gasteiger partial charge in [-0.1, -0.05) is 55.4 Å². The Kier molecular flexibility index (Phi) is 8.63. The zero-order valence-electron chi connectivity index (χ0n) is 19.0. The molecule has 152 valence electrons. The minimum Gasteiger partial charge on any atom is -0.228 e. The Hall–Kier alpha value is -0.160. The van der Waals surface area contributed by atoms with Gasteiger partial charge in [0.2, 0.25) is 5.79 Å². The lowest BCUT2D eigenvalue weighted by Gasteiger charge is -2.38. The van der Waals surface area contributed by atoms with Gasteiger partial charge < -0.3 is 0 Å². The smallest absolute Gasteiger partial charge is 0.228 e. The third kappa shape index (κ3) is 11.2. The highest BCUT2D eigenvalue weighted by molar-refractivity contribution is 4.77. The maximum absolute atomic E-state index is 5.82. The molecule has 0 saturated heterocycles. The van der Waals surface area contributed by atoms with Crippen molar-refractivity contribution in [3.05, 3.63) is 0 Å². The van der Waals surface area contributed by atoms with E-state index in [1.807, 2.05) is 41.5 Å². The molecule has 25 heavy (non-hydrogen) atoms. The lowest BCUT2D eigenvalue weighted by atomic mass is 9.84. The Labute approximate surface area is 156 Å². The summed E-state index contributed by atoms with van der Waals surface area (Å²) in [7, 11) is 0. The molecule has 0 amide bonds. The summed E-state index contributed by atoms with van der Waals surface area (Å²) in [4.78, 5) is 23.3. The minimum absolute atomic E-state index is 0.153. The van der Waals surface area contributed by atoms with Gasteiger partial charge in [-0.15, -0.1) is 0 Å². The number of hydrogen-bond acceptors (Lipinski definition) is 4. The van der Waals surface area contributed by atoms with Gasteiger partial charge in [0.25, 0.3) is 0 Å². The molecule has 4 heteroatoms. The first-order valence-corrected chi connectivity index (χ1v) is 9.69. The summed E-state index contributed by atoms with van der Waals surface area (Å²) < 4.78 is 0. The van der Waals surface area contributed by atoms with E-state index >= 15 is 0 Å². The molecule has 0 N–H and O–H groups in total. The molecule has 0 aliphatic rings. The SMILES string of the molecule is CCC(CC)(OOC(C)(C)CC(C)(C)C)OOC(C)(C)CC(C)(C)C. The van der Waals surface area contributed by atoms with Gasteiger partial charge in [0.05, 0.1) is 11.2 Å². The van der Waals surface area contributed by atoms with Crippen LogP contribution in [-0.4, -0.2) is 17.0 Å². The molecule has 0 bridgehead atoms. The maximum Gasteiger partial charge on any atom is 0.233 e. The van der Waals surface area contributed by atoms with Crippen LogP contribution < -0.4 is 0 Å². The lowest BCUT2D eigenvalue weighted by molar-refractivity contribution is -0.546. The fourth-order valence-electron chi connectivity index (χ4n) is 3.49. The van der Waals surface area contributed by atoms with Crippen molar-refractivity contribution in [3.8, 4) is 0 Å². The average Bonchev–Trinajstić information content (AvgIpc) is 2.34. The van der Waals surface area contributed by atoms with Crippen molar-refractivity contribution in [1.82, 2.24) is 0 Å². The third-order valence-corrected chi connectivity index (χ3v) is 3.83. The van der Waals surface area contributed by atoms with Gasteiger partial charge in [0.1, 0.15) is 0 Å². The quantitative estimate of drug-likeness (QED) is 0.243. The normalized spacial score (nSPS) is 14.9. The van der Waals surface area contributed by atoms with Crippen molar-refractivity contribution >= 4 is 0 Å². The predicted molar refractivity (Wildman–Crippen MR) is 104 cm³/mol. The molecular weight excluding hydrogens is 316 g/mol. The zero-order chi connectivity index (χ0) is 20.2. The lowest BCUT2D eigenvalue weighted by Crippen LogP contribution is -2.42. The Morgan fingerprint density at radius 3 is 0.960 bits per heavy atom. The van der Waals surface area contributed by atoms with E-state index in [2.05, 4.69) is 41.5 Å². The van der Waals surface area contributed by atoms with E-state index in [9.17, 15) is 0 Å². The van der Waals surface area contributed by atoms with Gasteiger partial charge in [-0.3, -0.25) is 0 Å². The van der Waals surface area contributed by atoms with Crippen molar-refractivity contribution < 1.29 is 19.6 Å². The summed E-state index contributed by atoms with van der Waals surface area (Å²) in [5.74, 6) is -0.899. The highest BCUT2D eigenvalue weighted by atomic mass is 17.3. The average molecular weight is 361 g/mol. The molecule has 0 rings (SSSR count). The molecule has 0 radical (unpaired) electrons. The Morgan fingerprint density at radius 2 is 0.760 bits per heavy atom. The molecule has 0 aromatic carbocycles. The molecule has 0 atom stereocenters. The third-order valence-electron chi connectivity index (χ3n) is 3.83. The van der Waals surface area contributed by atoms with Gasteiger partial charge in [-0.2, -0.15) is 9.78 Å². The van der Waals surface area contributed by atoms with Crippen LogP contribution in [0.3, 0.4) is 0 Å². The largest absolute Gasteiger partial charge is 0.233 e. The maximum atomic E-state index is 5.82. The summed E-state index contributed by atoms with van der Waals surface area (Å²) in [5, 5.41) is 0. The molecule has 0 fully saturated rings. The molecule has 0 heterocycles. The van der Waals surface area contributed by atoms with E-state index < -0.39 is 17.0 Å². The van der Waals surface area contributed by atoms with Gasteiger partial charge in [-0.25, -0.2) is 9.78 Å². The molecule has 0 aromatic rings. The molecule has 0 saturated carbocycles. The molecule has 0 aromatic heterocycles. The number of rotatable bonds is 10. The second kappa shape index (κ2) is 8.69. The molecule has 0 aliphatic heterocycles. The summed E-state index contributed by atoms with van der Waals surface area (Å²) >= 11 is 0. The van der Waals surface area contributed by atoms with Crippen LogP contribution in [0.4, 0.5) is 0 Å². The van der Waals surface area contributed by atoms with Crippen LogP contribution >= 0.6 is 0 Å². The summed E-state index contributed by atoms with van der Waals surface area (Å²) in [6.07, 6.45) is 3.03. The van der Waals surface area contributed by atoms with Crippen molar-refractivity contribution in [2.75, 3.05) is 0 Å². The van der Waals surface area contributed by atoms with Gasteiger partial charge in [0.15, 0.2) is 0 Å². The van der Waals surface area contributed by atoms with Crippen LogP contribution in [0.25, 0.3) is 0 Å². The molecule has 0 aliphatic carbocycles. The van der Waals surface area contributed by atoms with E-state index in [4.69, 9.17) is 19.6 Å². The Bertz CT molecular complexity index is 348. The molecule has 0 spiro atoms. The topological polar surface area (TPSA) is 36.9 Å². The van der Waals surface area contributed by atoms with Crippen molar-refractivity contribution in [1.29, 1.82) is 0 Å². The first-order chi connectivity index (χ1) is 10.9. The highest BCUT2D eigenvalue weighted by Crippen LogP contribution is 2.35. The Morgan fingerprint density at radius 1 is 0.480 bits per heavy atom. The first-order valence-electron chi connectivity index (χ1n) is 9.69. The fourth-order valence-corrected chi connectivity index (χ4v) is 3.49. The second-order valence-corrected chi connectivity index (χ2v) is 10.9. The van der Waals surface area contributed by atoms with Crippen molar-refractivity contribution in [2.24, 2.45) is 10.8 Å². The van der Waals surface area contributed by atoms with Crippen molar-refractivity contribution in [2.45, 2.75) is 126 Å². The van der Waals surface area contributed by atoms with Gasteiger partial charge in [-0.05, 0) is 51.4 Å². The monoisotopic (exact) mass is 360 g/mol. The van der Waals surface area contributed by atoms with E-state index in [-0.39, 0.29) is 10.8 Å². The van der Waals surface area contributed by atoms with Crippen LogP contribution in [0.2, 0.25) is 0 Å². The number of hydrogen-bond donors (Lipinski definition) is 0. The molecule has 4 nitrogen and oxygen atoms in total. The van der Waals surface area contributed by atoms with E-state index in [0.717, 1.165) is 12.8 Å². The zero-order valence-corrected chi connectivity index (χ0v) is 19.0. The second-order valence-electron chi connectivity index (χ2n) is 10.9. The van der Waals surface area contributed by atoms with Crippen LogP contribution in [-0.2, 0) is 19.6 Å². The Balaban J connectivity index is 4.90. The van der Waals surface area contributed by atoms with Crippen LogP contribution in [0.15, 0.2) is 0 Å². The van der Waals surface area contributed by atoms with Crippen molar-refractivity contribution in [3.63, 3.8) is 0 Å². The van der Waals surface area contributed by atoms with Gasteiger partial charge >= 0.3 is 0 Å². The van der Waals surface area contributed by atoms with E-state index in [1.54, 1.807) is 0 Å². The molecule has 0 unspecified atom stereocenters. The molecular formula is C21H44O4. The first kappa shape index (κ1) is 24.8. The summed E-state index contributed by atoms with van der Waals surface area (Å²) in [6, 6.07) is 0. The minimum atomic E-state index is -0.899. The van der Waals surface area contributed by atoms with E-state index in [0.29, 0.717) is 12.8 Å². The standard InChI is InChI=1S/C21H44O4/c1-13-21(14-2,24-22-19(9,10)15-17(3,4)5)25-23-20(11,12)16-18(6,7)8/h13-16H2,1-12H3. The predicted octanol–water partition coefficient (Wildman–Crippen LogP) is 6.83.